The lowest BCUT2D eigenvalue weighted by Crippen LogP contribution is -2.46. The molecule has 0 radical (unpaired) electrons. The second kappa shape index (κ2) is 53.3. The molecule has 0 aliphatic rings. The number of phosphoric ester groups is 1. The maximum atomic E-state index is 13.0. The van der Waals surface area contributed by atoms with E-state index in [1.165, 1.54) is 270 Å². The van der Waals surface area contributed by atoms with Crippen LogP contribution in [0.1, 0.15) is 335 Å². The normalized spacial score (nSPS) is 13.8. The largest absolute Gasteiger partial charge is 0.756 e. The molecule has 0 fully saturated rings. The van der Waals surface area contributed by atoms with Crippen molar-refractivity contribution in [3.8, 4) is 0 Å². The summed E-state index contributed by atoms with van der Waals surface area (Å²) >= 11 is 0. The van der Waals surface area contributed by atoms with Crippen LogP contribution >= 0.6 is 7.82 Å². The first-order chi connectivity index (χ1) is 34.0. The van der Waals surface area contributed by atoms with Crippen LogP contribution in [-0.2, 0) is 18.4 Å². The average molecular weight is 1010 g/mol. The number of likely N-dealkylation sites (N-methyl/N-ethyl adjacent to an activating group) is 1. The third-order valence-corrected chi connectivity index (χ3v) is 15.8. The highest BCUT2D eigenvalue weighted by molar-refractivity contribution is 7.45. The van der Waals surface area contributed by atoms with Gasteiger partial charge in [0.05, 0.1) is 39.9 Å². The van der Waals surface area contributed by atoms with Gasteiger partial charge in [0.1, 0.15) is 13.2 Å². The molecule has 0 aliphatic carbocycles. The molecule has 1 amide bonds. The summed E-state index contributed by atoms with van der Waals surface area (Å²) < 4.78 is 23.5. The van der Waals surface area contributed by atoms with Gasteiger partial charge in [0.25, 0.3) is 7.82 Å². The lowest BCUT2D eigenvalue weighted by Gasteiger charge is -2.30. The minimum absolute atomic E-state index is 0.0167. The van der Waals surface area contributed by atoms with E-state index in [9.17, 15) is 19.4 Å². The van der Waals surface area contributed by atoms with Gasteiger partial charge >= 0.3 is 0 Å². The molecule has 0 aliphatic heterocycles. The van der Waals surface area contributed by atoms with Crippen molar-refractivity contribution in [2.45, 2.75) is 347 Å². The number of aliphatic hydroxyl groups excluding tert-OH is 1. The molecule has 0 bridgehead atoms. The second-order valence-corrected chi connectivity index (χ2v) is 24.5. The molecule has 9 heteroatoms. The van der Waals surface area contributed by atoms with Gasteiger partial charge < -0.3 is 28.8 Å². The van der Waals surface area contributed by atoms with Gasteiger partial charge in [0.15, 0.2) is 0 Å². The average Bonchev–Trinajstić information content (AvgIpc) is 3.32. The van der Waals surface area contributed by atoms with Crippen molar-refractivity contribution in [1.29, 1.82) is 0 Å². The summed E-state index contributed by atoms with van der Waals surface area (Å²) in [6, 6.07) is -0.795. The van der Waals surface area contributed by atoms with Gasteiger partial charge in [-0.05, 0) is 12.8 Å². The number of phosphoric acid groups is 1. The summed E-state index contributed by atoms with van der Waals surface area (Å²) in [5.74, 6) is -0.156. The lowest BCUT2D eigenvalue weighted by molar-refractivity contribution is -0.870. The predicted octanol–water partition coefficient (Wildman–Crippen LogP) is 18.6. The number of nitrogens with zero attached hydrogens (tertiary/aromatic N) is 1. The molecule has 0 aromatic carbocycles. The van der Waals surface area contributed by atoms with E-state index in [0.717, 1.165) is 38.5 Å². The molecule has 0 spiro atoms. The van der Waals surface area contributed by atoms with E-state index in [1.807, 2.05) is 21.1 Å². The van der Waals surface area contributed by atoms with Gasteiger partial charge in [-0.1, -0.05) is 316 Å². The molecule has 0 rings (SSSR count). The van der Waals surface area contributed by atoms with Gasteiger partial charge in [-0.25, -0.2) is 0 Å². The topological polar surface area (TPSA) is 108 Å². The van der Waals surface area contributed by atoms with Gasteiger partial charge in [-0.15, -0.1) is 0 Å². The molecule has 3 atom stereocenters. The van der Waals surface area contributed by atoms with Gasteiger partial charge in [0.2, 0.25) is 5.91 Å². The number of aliphatic hydroxyl groups is 1. The number of carbonyl (C=O) groups is 1. The number of nitrogens with one attached hydrogen (secondary N) is 1. The van der Waals surface area contributed by atoms with E-state index in [0.29, 0.717) is 23.9 Å². The lowest BCUT2D eigenvalue weighted by atomic mass is 10.0. The van der Waals surface area contributed by atoms with Crippen LogP contribution in [0.4, 0.5) is 0 Å². The zero-order valence-electron chi connectivity index (χ0n) is 48.0. The Morgan fingerprint density at radius 1 is 0.443 bits per heavy atom. The predicted molar refractivity (Wildman–Crippen MR) is 303 cm³/mol. The zero-order valence-corrected chi connectivity index (χ0v) is 48.9. The molecule has 70 heavy (non-hydrogen) atoms. The van der Waals surface area contributed by atoms with Crippen LogP contribution < -0.4 is 10.2 Å². The molecule has 420 valence electrons. The molecular formula is C61H125N2O6P. The highest BCUT2D eigenvalue weighted by atomic mass is 31.2. The number of rotatable bonds is 59. The van der Waals surface area contributed by atoms with E-state index in [2.05, 4.69) is 19.2 Å². The first-order valence-electron chi connectivity index (χ1n) is 31.4. The van der Waals surface area contributed by atoms with Gasteiger partial charge in [-0.3, -0.25) is 9.36 Å². The van der Waals surface area contributed by atoms with Crippen molar-refractivity contribution in [3.05, 3.63) is 0 Å². The Morgan fingerprint density at radius 2 is 0.700 bits per heavy atom. The van der Waals surface area contributed by atoms with Crippen LogP contribution in [0.5, 0.6) is 0 Å². The van der Waals surface area contributed by atoms with Crippen molar-refractivity contribution in [3.63, 3.8) is 0 Å². The third kappa shape index (κ3) is 55.3. The van der Waals surface area contributed by atoms with E-state index in [4.69, 9.17) is 9.05 Å². The summed E-state index contributed by atoms with van der Waals surface area (Å²) in [5, 5.41) is 14.1. The van der Waals surface area contributed by atoms with Crippen LogP contribution in [0.2, 0.25) is 0 Å². The van der Waals surface area contributed by atoms with Gasteiger partial charge in [0, 0.05) is 6.42 Å². The number of quaternary nitrogens is 1. The Bertz CT molecular complexity index is 1100. The quantitative estimate of drug-likeness (QED) is 0.0357. The molecule has 0 saturated heterocycles. The maximum absolute atomic E-state index is 13.0. The van der Waals surface area contributed by atoms with Crippen molar-refractivity contribution in [2.75, 3.05) is 40.9 Å². The monoisotopic (exact) mass is 1010 g/mol. The molecule has 0 aromatic heterocycles. The highest BCUT2D eigenvalue weighted by Crippen LogP contribution is 2.38. The van der Waals surface area contributed by atoms with Crippen molar-refractivity contribution >= 4 is 13.7 Å². The summed E-state index contributed by atoms with van der Waals surface area (Å²) in [4.78, 5) is 25.5. The SMILES string of the molecule is CCCCCCCCCCCCCCCCCCCCCCCCCCCCCCCCCC(O)C(COP(=O)([O-])OCC[N+](C)(C)C)NC(=O)CCCCCCCCCCCCCCCCCCC. The molecule has 3 unspecified atom stereocenters. The number of unbranched alkanes of at least 4 members (excludes halogenated alkanes) is 46. The number of hydrogen-bond acceptors (Lipinski definition) is 6. The summed E-state index contributed by atoms with van der Waals surface area (Å²) in [6.07, 6.45) is 64.4. The Morgan fingerprint density at radius 3 is 0.971 bits per heavy atom. The van der Waals surface area contributed by atoms with Gasteiger partial charge in [-0.2, -0.15) is 0 Å². The summed E-state index contributed by atoms with van der Waals surface area (Å²) in [6.45, 7) is 4.78. The Labute approximate surface area is 438 Å². The fraction of sp³-hybridized carbons (Fsp3) is 0.984. The number of amides is 1. The van der Waals surface area contributed by atoms with Crippen molar-refractivity contribution < 1.29 is 32.9 Å². The summed E-state index contributed by atoms with van der Waals surface area (Å²) in [7, 11) is 1.33. The number of carbonyl (C=O) groups excluding carboxylic acids is 1. The van der Waals surface area contributed by atoms with Crippen LogP contribution in [0.3, 0.4) is 0 Å². The number of hydrogen-bond donors (Lipinski definition) is 2. The van der Waals surface area contributed by atoms with E-state index in [1.54, 1.807) is 0 Å². The first kappa shape index (κ1) is 69.5. The third-order valence-electron chi connectivity index (χ3n) is 14.8. The standard InChI is InChI=1S/C61H125N2O6P/c1-6-8-10-12-14-16-18-20-22-24-25-26-27-28-29-30-31-32-33-34-35-36-37-39-40-42-44-46-48-50-52-54-60(64)59(58-69-70(66,67)68-57-56-63(3,4)5)62-61(65)55-53-51-49-47-45-43-41-38-23-21-19-17-15-13-11-9-7-2/h59-60,64H,6-58H2,1-5H3,(H-,62,65,66,67). The minimum atomic E-state index is -4.57. The maximum Gasteiger partial charge on any atom is 0.268 e. The fourth-order valence-electron chi connectivity index (χ4n) is 9.93. The molecule has 0 heterocycles. The Balaban J connectivity index is 4.00. The minimum Gasteiger partial charge on any atom is -0.756 e. The van der Waals surface area contributed by atoms with E-state index < -0.39 is 20.0 Å². The molecule has 8 nitrogen and oxygen atoms in total. The zero-order chi connectivity index (χ0) is 51.3. The van der Waals surface area contributed by atoms with Crippen molar-refractivity contribution in [2.24, 2.45) is 0 Å². The van der Waals surface area contributed by atoms with E-state index in [-0.39, 0.29) is 19.1 Å². The van der Waals surface area contributed by atoms with Crippen LogP contribution in [0, 0.1) is 0 Å². The van der Waals surface area contributed by atoms with Crippen LogP contribution in [0.25, 0.3) is 0 Å². The molecule has 2 N–H and O–H groups in total. The highest BCUT2D eigenvalue weighted by Gasteiger charge is 2.24. The fourth-order valence-corrected chi connectivity index (χ4v) is 10.7. The molecular weight excluding hydrogens is 888 g/mol. The second-order valence-electron chi connectivity index (χ2n) is 23.1. The van der Waals surface area contributed by atoms with E-state index >= 15 is 0 Å². The molecule has 0 saturated carbocycles. The Hall–Kier alpha value is -0.500. The van der Waals surface area contributed by atoms with Crippen molar-refractivity contribution in [1.82, 2.24) is 5.32 Å². The Kier molecular flexibility index (Phi) is 52.9. The molecule has 0 aromatic rings. The smallest absolute Gasteiger partial charge is 0.268 e. The van der Waals surface area contributed by atoms with Crippen LogP contribution in [0.15, 0.2) is 0 Å². The summed E-state index contributed by atoms with van der Waals surface area (Å²) in [5.41, 5.74) is 0. The van der Waals surface area contributed by atoms with Crippen LogP contribution in [-0.4, -0.2) is 68.5 Å². The first-order valence-corrected chi connectivity index (χ1v) is 32.8.